The van der Waals surface area contributed by atoms with Crippen molar-refractivity contribution in [2.24, 2.45) is 5.41 Å². The zero-order valence-corrected chi connectivity index (χ0v) is 11.7. The molecule has 0 bridgehead atoms. The number of rotatable bonds is 2. The van der Waals surface area contributed by atoms with Gasteiger partial charge >= 0.3 is 5.97 Å². The fourth-order valence-corrected chi connectivity index (χ4v) is 3.51. The first-order chi connectivity index (χ1) is 10.1. The van der Waals surface area contributed by atoms with E-state index in [1.54, 1.807) is 12.1 Å². The second-order valence-corrected chi connectivity index (χ2v) is 5.87. The molecule has 1 aromatic carbocycles. The molecular formula is C16H17NO4. The summed E-state index contributed by atoms with van der Waals surface area (Å²) in [5.74, 6) is -1.63. The van der Waals surface area contributed by atoms with Crippen LogP contribution in [0.25, 0.3) is 0 Å². The quantitative estimate of drug-likeness (QED) is 0.848. The largest absolute Gasteiger partial charge is 0.478 e. The number of carbonyl (C=O) groups is 3. The average molecular weight is 287 g/mol. The van der Waals surface area contributed by atoms with Crippen LogP contribution in [0, 0.1) is 5.41 Å². The molecule has 5 heteroatoms. The summed E-state index contributed by atoms with van der Waals surface area (Å²) in [7, 11) is 0. The van der Waals surface area contributed by atoms with E-state index >= 15 is 0 Å². The van der Waals surface area contributed by atoms with Crippen molar-refractivity contribution < 1.29 is 19.5 Å². The van der Waals surface area contributed by atoms with E-state index in [2.05, 4.69) is 0 Å². The predicted molar refractivity (Wildman–Crippen MR) is 76.0 cm³/mol. The second-order valence-electron chi connectivity index (χ2n) is 5.87. The first-order valence-corrected chi connectivity index (χ1v) is 7.25. The van der Waals surface area contributed by atoms with Crippen molar-refractivity contribution in [3.05, 3.63) is 29.8 Å². The average Bonchev–Trinajstić information content (AvgIpc) is 2.70. The van der Waals surface area contributed by atoms with Gasteiger partial charge < -0.3 is 5.11 Å². The molecule has 2 aliphatic rings. The SMILES string of the molecule is O=C(O)c1ccccc1N1C(=O)CC2(CCCCC2)C1=O. The lowest BCUT2D eigenvalue weighted by atomic mass is 9.73. The maximum atomic E-state index is 12.8. The molecule has 0 unspecified atom stereocenters. The highest BCUT2D eigenvalue weighted by molar-refractivity contribution is 6.24. The van der Waals surface area contributed by atoms with Gasteiger partial charge in [0.15, 0.2) is 0 Å². The summed E-state index contributed by atoms with van der Waals surface area (Å²) < 4.78 is 0. The number of benzene rings is 1. The molecule has 0 radical (unpaired) electrons. The predicted octanol–water partition coefficient (Wildman–Crippen LogP) is 2.60. The summed E-state index contributed by atoms with van der Waals surface area (Å²) in [4.78, 5) is 37.5. The highest BCUT2D eigenvalue weighted by atomic mass is 16.4. The van der Waals surface area contributed by atoms with Gasteiger partial charge in [0.05, 0.1) is 16.7 Å². The van der Waals surface area contributed by atoms with Crippen molar-refractivity contribution in [3.8, 4) is 0 Å². The Hall–Kier alpha value is -2.17. The third kappa shape index (κ3) is 2.13. The van der Waals surface area contributed by atoms with Crippen LogP contribution in [0.5, 0.6) is 0 Å². The van der Waals surface area contributed by atoms with Gasteiger partial charge in [-0.2, -0.15) is 0 Å². The molecule has 3 rings (SSSR count). The number of carboxylic acid groups (broad SMARTS) is 1. The van der Waals surface area contributed by atoms with Crippen LogP contribution in [-0.4, -0.2) is 22.9 Å². The van der Waals surface area contributed by atoms with Gasteiger partial charge in [-0.3, -0.25) is 9.59 Å². The number of aromatic carboxylic acids is 1. The van der Waals surface area contributed by atoms with E-state index in [1.807, 2.05) is 0 Å². The molecule has 2 fully saturated rings. The van der Waals surface area contributed by atoms with E-state index in [9.17, 15) is 19.5 Å². The van der Waals surface area contributed by atoms with Crippen LogP contribution in [0.1, 0.15) is 48.9 Å². The summed E-state index contributed by atoms with van der Waals surface area (Å²) in [6.45, 7) is 0. The van der Waals surface area contributed by atoms with Crippen molar-refractivity contribution in [2.75, 3.05) is 4.90 Å². The van der Waals surface area contributed by atoms with Crippen LogP contribution in [0.4, 0.5) is 5.69 Å². The lowest BCUT2D eigenvalue weighted by Gasteiger charge is -2.30. The zero-order valence-electron chi connectivity index (χ0n) is 11.7. The van der Waals surface area contributed by atoms with E-state index in [1.165, 1.54) is 12.1 Å². The number of carbonyl (C=O) groups excluding carboxylic acids is 2. The lowest BCUT2D eigenvalue weighted by Crippen LogP contribution is -2.37. The molecule has 2 amide bonds. The van der Waals surface area contributed by atoms with Gasteiger partial charge in [0.1, 0.15) is 0 Å². The Morgan fingerprint density at radius 3 is 2.43 bits per heavy atom. The van der Waals surface area contributed by atoms with Crippen LogP contribution in [-0.2, 0) is 9.59 Å². The number of para-hydroxylation sites is 1. The molecule has 1 aromatic rings. The van der Waals surface area contributed by atoms with E-state index in [0.717, 1.165) is 37.0 Å². The van der Waals surface area contributed by atoms with E-state index in [-0.39, 0.29) is 29.5 Å². The number of hydrogen-bond acceptors (Lipinski definition) is 3. The van der Waals surface area contributed by atoms with Crippen molar-refractivity contribution in [1.82, 2.24) is 0 Å². The Kier molecular flexibility index (Phi) is 3.27. The standard InChI is InChI=1S/C16H17NO4/c18-13-10-16(8-4-1-5-9-16)15(21)17(13)12-7-3-2-6-11(12)14(19)20/h2-3,6-7H,1,4-5,8-10H2,(H,19,20). The Balaban J connectivity index is 2.02. The van der Waals surface area contributed by atoms with E-state index in [4.69, 9.17) is 0 Å². The van der Waals surface area contributed by atoms with Gasteiger partial charge in [-0.15, -0.1) is 0 Å². The minimum atomic E-state index is -1.13. The first-order valence-electron chi connectivity index (χ1n) is 7.25. The summed E-state index contributed by atoms with van der Waals surface area (Å²) in [5, 5.41) is 9.25. The smallest absolute Gasteiger partial charge is 0.337 e. The van der Waals surface area contributed by atoms with Crippen molar-refractivity contribution in [1.29, 1.82) is 0 Å². The molecule has 1 N–H and O–H groups in total. The van der Waals surface area contributed by atoms with Crippen molar-refractivity contribution in [3.63, 3.8) is 0 Å². The molecule has 5 nitrogen and oxygen atoms in total. The molecule has 1 spiro atoms. The summed E-state index contributed by atoms with van der Waals surface area (Å²) in [5.41, 5.74) is -0.407. The lowest BCUT2D eigenvalue weighted by molar-refractivity contribution is -0.127. The molecule has 1 aliphatic heterocycles. The minimum absolute atomic E-state index is 0.00735. The number of imide groups is 1. The monoisotopic (exact) mass is 287 g/mol. The number of anilines is 1. The Labute approximate surface area is 122 Å². The van der Waals surface area contributed by atoms with Gasteiger partial charge in [0.2, 0.25) is 11.8 Å². The first kappa shape index (κ1) is 13.8. The molecule has 0 atom stereocenters. The Morgan fingerprint density at radius 2 is 1.76 bits per heavy atom. The Bertz CT molecular complexity index is 616. The number of hydrogen-bond donors (Lipinski definition) is 1. The van der Waals surface area contributed by atoms with Crippen molar-refractivity contribution >= 4 is 23.5 Å². The fraction of sp³-hybridized carbons (Fsp3) is 0.438. The Morgan fingerprint density at radius 1 is 1.10 bits per heavy atom. The maximum absolute atomic E-state index is 12.8. The molecule has 1 saturated heterocycles. The molecular weight excluding hydrogens is 270 g/mol. The van der Waals surface area contributed by atoms with Crippen LogP contribution in [0.15, 0.2) is 24.3 Å². The zero-order chi connectivity index (χ0) is 15.0. The van der Waals surface area contributed by atoms with Crippen LogP contribution >= 0.6 is 0 Å². The highest BCUT2D eigenvalue weighted by Crippen LogP contribution is 2.46. The molecule has 1 aliphatic carbocycles. The molecule has 0 aromatic heterocycles. The third-order valence-corrected chi connectivity index (χ3v) is 4.58. The van der Waals surface area contributed by atoms with Crippen LogP contribution in [0.3, 0.4) is 0 Å². The molecule has 1 saturated carbocycles. The molecule has 110 valence electrons. The number of carboxylic acids is 1. The normalized spacial score (nSPS) is 21.0. The summed E-state index contributed by atoms with van der Waals surface area (Å²) >= 11 is 0. The van der Waals surface area contributed by atoms with Gasteiger partial charge in [-0.25, -0.2) is 9.69 Å². The fourth-order valence-electron chi connectivity index (χ4n) is 3.51. The third-order valence-electron chi connectivity index (χ3n) is 4.58. The molecule has 21 heavy (non-hydrogen) atoms. The topological polar surface area (TPSA) is 74.7 Å². The molecule has 1 heterocycles. The van der Waals surface area contributed by atoms with Gasteiger partial charge in [0, 0.05) is 6.42 Å². The summed E-state index contributed by atoms with van der Waals surface area (Å²) in [6.07, 6.45) is 4.65. The van der Waals surface area contributed by atoms with Crippen LogP contribution < -0.4 is 4.90 Å². The van der Waals surface area contributed by atoms with Gasteiger partial charge in [0.25, 0.3) is 0 Å². The second kappa shape index (κ2) is 4.98. The number of amides is 2. The number of nitrogens with zero attached hydrogens (tertiary/aromatic N) is 1. The van der Waals surface area contributed by atoms with Crippen molar-refractivity contribution in [2.45, 2.75) is 38.5 Å². The van der Waals surface area contributed by atoms with Gasteiger partial charge in [-0.1, -0.05) is 31.4 Å². The van der Waals surface area contributed by atoms with Crippen LogP contribution in [0.2, 0.25) is 0 Å². The maximum Gasteiger partial charge on any atom is 0.337 e. The highest BCUT2D eigenvalue weighted by Gasteiger charge is 2.52. The van der Waals surface area contributed by atoms with E-state index in [0.29, 0.717) is 0 Å². The minimum Gasteiger partial charge on any atom is -0.478 e. The van der Waals surface area contributed by atoms with Gasteiger partial charge in [-0.05, 0) is 25.0 Å². The summed E-state index contributed by atoms with van der Waals surface area (Å²) in [6, 6.07) is 6.19. The van der Waals surface area contributed by atoms with E-state index < -0.39 is 11.4 Å².